The van der Waals surface area contributed by atoms with E-state index in [4.69, 9.17) is 9.31 Å². The zero-order valence-electron chi connectivity index (χ0n) is 15.8. The minimum absolute atomic E-state index is 0.162. The van der Waals surface area contributed by atoms with Crippen molar-refractivity contribution in [3.8, 4) is 0 Å². The van der Waals surface area contributed by atoms with E-state index in [9.17, 15) is 4.79 Å². The highest BCUT2D eigenvalue weighted by atomic mass is 16.7. The van der Waals surface area contributed by atoms with Gasteiger partial charge in [0.25, 0.3) is 0 Å². The van der Waals surface area contributed by atoms with Crippen LogP contribution < -0.4 is 0 Å². The monoisotopic (exact) mass is 331 g/mol. The number of rotatable bonds is 8. The van der Waals surface area contributed by atoms with Crippen LogP contribution in [0.25, 0.3) is 0 Å². The van der Waals surface area contributed by atoms with E-state index in [0.717, 1.165) is 12.7 Å². The summed E-state index contributed by atoms with van der Waals surface area (Å²) in [6.07, 6.45) is 14.0. The van der Waals surface area contributed by atoms with Crippen molar-refractivity contribution in [2.75, 3.05) is 0 Å². The molecule has 0 spiro atoms. The van der Waals surface area contributed by atoms with Gasteiger partial charge in [-0.15, -0.1) is 0 Å². The summed E-state index contributed by atoms with van der Waals surface area (Å²) in [5.74, 6) is 0.162. The van der Waals surface area contributed by atoms with Crippen molar-refractivity contribution in [2.45, 2.75) is 71.4 Å². The summed E-state index contributed by atoms with van der Waals surface area (Å²) in [5, 5.41) is 0. The Hall–Kier alpha value is -1.46. The zero-order valence-corrected chi connectivity index (χ0v) is 15.8. The Morgan fingerprint density at radius 1 is 1.12 bits per heavy atom. The largest absolute Gasteiger partial charge is 0.465 e. The third-order valence-corrected chi connectivity index (χ3v) is 4.50. The lowest BCUT2D eigenvalue weighted by Gasteiger charge is -2.32. The lowest BCUT2D eigenvalue weighted by molar-refractivity contribution is -0.104. The van der Waals surface area contributed by atoms with E-state index >= 15 is 0 Å². The second kappa shape index (κ2) is 9.14. The molecule has 4 nitrogen and oxygen atoms in total. The quantitative estimate of drug-likeness (QED) is 0.216. The molecule has 1 fully saturated rings. The molecule has 0 aromatic carbocycles. The van der Waals surface area contributed by atoms with Gasteiger partial charge in [-0.1, -0.05) is 30.4 Å². The fourth-order valence-electron chi connectivity index (χ4n) is 2.41. The van der Waals surface area contributed by atoms with Crippen LogP contribution in [-0.4, -0.2) is 30.8 Å². The molecule has 24 heavy (non-hydrogen) atoms. The highest BCUT2D eigenvalue weighted by Crippen LogP contribution is 2.41. The Morgan fingerprint density at radius 3 is 2.25 bits per heavy atom. The zero-order chi connectivity index (χ0) is 18.2. The number of nitrogens with zero attached hydrogens (tertiary/aromatic N) is 1. The molecule has 0 amide bonds. The van der Waals surface area contributed by atoms with Gasteiger partial charge in [0.1, 0.15) is 0 Å². The Labute approximate surface area is 146 Å². The lowest BCUT2D eigenvalue weighted by Crippen LogP contribution is -2.41. The summed E-state index contributed by atoms with van der Waals surface area (Å²) in [4.78, 5) is 14.8. The first-order chi connectivity index (χ1) is 11.3. The molecule has 5 heteroatoms. The molecule has 0 bridgehead atoms. The van der Waals surface area contributed by atoms with Crippen LogP contribution in [-0.2, 0) is 14.1 Å². The lowest BCUT2D eigenvalue weighted by atomic mass is 9.69. The highest BCUT2D eigenvalue weighted by molar-refractivity contribution is 6.48. The summed E-state index contributed by atoms with van der Waals surface area (Å²) in [6, 6.07) is 0. The molecule has 1 heterocycles. The summed E-state index contributed by atoms with van der Waals surface area (Å²) < 4.78 is 12.3. The van der Waals surface area contributed by atoms with Crippen LogP contribution in [0.15, 0.2) is 41.1 Å². The SMILES string of the molecule is CC=NC(C=O)=CC/C=C/CC(/C=C\C)B1OC(C)(C)C(C)(C)O1. The van der Waals surface area contributed by atoms with Gasteiger partial charge in [-0.2, -0.15) is 0 Å². The molecule has 1 atom stereocenters. The Balaban J connectivity index is 2.65. The van der Waals surface area contributed by atoms with E-state index in [0.29, 0.717) is 12.1 Å². The number of hydrogen-bond acceptors (Lipinski definition) is 4. The first-order valence-corrected chi connectivity index (χ1v) is 8.55. The van der Waals surface area contributed by atoms with E-state index < -0.39 is 0 Å². The maximum atomic E-state index is 10.8. The molecule has 0 aromatic rings. The van der Waals surface area contributed by atoms with Gasteiger partial charge in [0, 0.05) is 12.0 Å². The Bertz CT molecular complexity index is 517. The first-order valence-electron chi connectivity index (χ1n) is 8.55. The second-order valence-corrected chi connectivity index (χ2v) is 6.89. The average molecular weight is 331 g/mol. The summed E-state index contributed by atoms with van der Waals surface area (Å²) in [7, 11) is -0.249. The molecular weight excluding hydrogens is 301 g/mol. The Morgan fingerprint density at radius 2 is 1.75 bits per heavy atom. The normalized spacial score (nSPS) is 22.1. The average Bonchev–Trinajstić information content (AvgIpc) is 2.72. The maximum Gasteiger partial charge on any atom is 0.465 e. The van der Waals surface area contributed by atoms with Gasteiger partial charge in [-0.05, 0) is 54.4 Å². The molecule has 0 radical (unpaired) electrons. The van der Waals surface area contributed by atoms with Crippen molar-refractivity contribution in [1.29, 1.82) is 0 Å². The fourth-order valence-corrected chi connectivity index (χ4v) is 2.41. The van der Waals surface area contributed by atoms with Crippen molar-refractivity contribution in [1.82, 2.24) is 0 Å². The van der Waals surface area contributed by atoms with E-state index in [1.807, 2.05) is 25.2 Å². The standard InChI is InChI=1S/C19H30BNO3/c1-7-12-16(20-23-18(3,4)19(5,6)24-20)13-10-9-11-14-17(15-22)21-8-2/h7-10,12,14-16H,11,13H2,1-6H3/b10-9+,12-7-,17-14?,21-8?. The van der Waals surface area contributed by atoms with Crippen molar-refractivity contribution in [2.24, 2.45) is 4.99 Å². The number of carbonyl (C=O) groups is 1. The second-order valence-electron chi connectivity index (χ2n) is 6.89. The van der Waals surface area contributed by atoms with Crippen LogP contribution in [0.2, 0.25) is 5.82 Å². The molecule has 1 rings (SSSR count). The van der Waals surface area contributed by atoms with Gasteiger partial charge in [-0.3, -0.25) is 9.79 Å². The van der Waals surface area contributed by atoms with Crippen molar-refractivity contribution in [3.63, 3.8) is 0 Å². The molecule has 0 aromatic heterocycles. The van der Waals surface area contributed by atoms with Crippen LogP contribution in [0.5, 0.6) is 0 Å². The van der Waals surface area contributed by atoms with Crippen LogP contribution >= 0.6 is 0 Å². The molecule has 0 saturated carbocycles. The molecular formula is C19H30BNO3. The minimum atomic E-state index is -0.318. The van der Waals surface area contributed by atoms with Crippen LogP contribution in [0.1, 0.15) is 54.4 Å². The van der Waals surface area contributed by atoms with E-state index in [1.54, 1.807) is 13.1 Å². The van der Waals surface area contributed by atoms with Gasteiger partial charge >= 0.3 is 7.12 Å². The molecule has 1 unspecified atom stereocenters. The van der Waals surface area contributed by atoms with Gasteiger partial charge < -0.3 is 9.31 Å². The number of aldehydes is 1. The summed E-state index contributed by atoms with van der Waals surface area (Å²) in [6.45, 7) is 12.1. The molecule has 1 saturated heterocycles. The van der Waals surface area contributed by atoms with Gasteiger partial charge in [0.2, 0.25) is 0 Å². The number of allylic oxidation sites excluding steroid dienone is 6. The summed E-state index contributed by atoms with van der Waals surface area (Å²) >= 11 is 0. The number of aliphatic imine (C=N–C) groups is 1. The Kier molecular flexibility index (Phi) is 7.84. The predicted octanol–water partition coefficient (Wildman–Crippen LogP) is 4.53. The minimum Gasteiger partial charge on any atom is -0.403 e. The number of hydrogen-bond donors (Lipinski definition) is 0. The van der Waals surface area contributed by atoms with Gasteiger partial charge in [-0.25, -0.2) is 0 Å². The molecule has 132 valence electrons. The van der Waals surface area contributed by atoms with Crippen molar-refractivity contribution in [3.05, 3.63) is 36.1 Å². The third-order valence-electron chi connectivity index (χ3n) is 4.50. The third kappa shape index (κ3) is 5.57. The smallest absolute Gasteiger partial charge is 0.403 e. The number of carbonyl (C=O) groups excluding carboxylic acids is 1. The first kappa shape index (κ1) is 20.6. The van der Waals surface area contributed by atoms with E-state index in [2.05, 4.69) is 44.8 Å². The molecule has 0 aliphatic carbocycles. The highest BCUT2D eigenvalue weighted by Gasteiger charge is 2.52. The van der Waals surface area contributed by atoms with Gasteiger partial charge in [0.15, 0.2) is 6.29 Å². The molecule has 0 N–H and O–H groups in total. The van der Waals surface area contributed by atoms with Gasteiger partial charge in [0.05, 0.1) is 16.9 Å². The van der Waals surface area contributed by atoms with Crippen LogP contribution in [0.3, 0.4) is 0 Å². The maximum absolute atomic E-state index is 10.8. The van der Waals surface area contributed by atoms with Crippen molar-refractivity contribution < 1.29 is 14.1 Å². The topological polar surface area (TPSA) is 47.9 Å². The van der Waals surface area contributed by atoms with Crippen LogP contribution in [0, 0.1) is 0 Å². The molecule has 1 aliphatic heterocycles. The van der Waals surface area contributed by atoms with Crippen LogP contribution in [0.4, 0.5) is 0 Å². The van der Waals surface area contributed by atoms with E-state index in [1.165, 1.54) is 0 Å². The van der Waals surface area contributed by atoms with E-state index in [-0.39, 0.29) is 24.1 Å². The fraction of sp³-hybridized carbons (Fsp3) is 0.579. The summed E-state index contributed by atoms with van der Waals surface area (Å²) in [5.41, 5.74) is -0.180. The molecule has 1 aliphatic rings. The predicted molar refractivity (Wildman–Crippen MR) is 101 cm³/mol. The van der Waals surface area contributed by atoms with Crippen molar-refractivity contribution >= 4 is 19.6 Å².